The van der Waals surface area contributed by atoms with Gasteiger partial charge >= 0.3 is 6.18 Å². The Kier molecular flexibility index (Phi) is 6.48. The predicted molar refractivity (Wildman–Crippen MR) is 122 cm³/mol. The van der Waals surface area contributed by atoms with Gasteiger partial charge in [0.05, 0.1) is 19.8 Å². The van der Waals surface area contributed by atoms with Gasteiger partial charge in [-0.05, 0) is 66.4 Å². The minimum absolute atomic E-state index is 0.0115. The van der Waals surface area contributed by atoms with Gasteiger partial charge < -0.3 is 14.9 Å². The molecule has 3 aliphatic rings. The summed E-state index contributed by atoms with van der Waals surface area (Å²) in [6.45, 7) is 2.60. The van der Waals surface area contributed by atoms with Crippen LogP contribution < -0.4 is 5.11 Å². The first-order valence-electron chi connectivity index (χ1n) is 12.3. The van der Waals surface area contributed by atoms with E-state index >= 15 is 0 Å². The summed E-state index contributed by atoms with van der Waals surface area (Å²) in [7, 11) is 0. The second-order valence-electron chi connectivity index (χ2n) is 10.3. The molecular formula is C27H30F3N2O3-. The normalized spacial score (nSPS) is 22.3. The van der Waals surface area contributed by atoms with E-state index in [0.29, 0.717) is 48.6 Å². The van der Waals surface area contributed by atoms with Gasteiger partial charge in [0, 0.05) is 28.6 Å². The van der Waals surface area contributed by atoms with E-state index in [0.717, 1.165) is 48.6 Å². The number of aliphatic hydroxyl groups is 1. The molecule has 2 aliphatic carbocycles. The molecule has 1 fully saturated rings. The number of pyridine rings is 2. The first-order valence-corrected chi connectivity index (χ1v) is 12.3. The van der Waals surface area contributed by atoms with Crippen LogP contribution in [-0.4, -0.2) is 28.3 Å². The van der Waals surface area contributed by atoms with Crippen LogP contribution in [0.1, 0.15) is 90.5 Å². The third-order valence-electron chi connectivity index (χ3n) is 7.87. The minimum atomic E-state index is -4.51. The third kappa shape index (κ3) is 4.63. The fourth-order valence-corrected chi connectivity index (χ4v) is 6.02. The summed E-state index contributed by atoms with van der Waals surface area (Å²) < 4.78 is 45.1. The average Bonchev–Trinajstić information content (AvgIpc) is 2.82. The average molecular weight is 488 g/mol. The molecule has 8 heteroatoms. The lowest BCUT2D eigenvalue weighted by Gasteiger charge is -2.51. The molecule has 2 aromatic rings. The highest BCUT2D eigenvalue weighted by atomic mass is 19.4. The molecule has 1 saturated carbocycles. The molecule has 0 saturated heterocycles. The van der Waals surface area contributed by atoms with Gasteiger partial charge in [0.25, 0.3) is 0 Å². The summed E-state index contributed by atoms with van der Waals surface area (Å²) in [6, 6.07) is 3.92. The Balaban J connectivity index is 1.59. The highest BCUT2D eigenvalue weighted by Crippen LogP contribution is 2.54. The molecule has 1 N–H and O–H groups in total. The monoisotopic (exact) mass is 487 g/mol. The molecular weight excluding hydrogens is 457 g/mol. The Bertz CT molecular complexity index is 1140. The standard InChI is InChI=1S/C27H30F3N2O3/c1-16(12-18-4-2-5-22(31-18)27(28,29)30)25-19(15-33)23(17-6-10-35-11-7-17)24-20(32-25)13-26(8-3-9-26)14-21(24)34/h2,4-6,16,21,33H,3,7-15H2,1H3/q-1. The first kappa shape index (κ1) is 24.4. The van der Waals surface area contributed by atoms with E-state index in [1.165, 1.54) is 6.07 Å². The summed E-state index contributed by atoms with van der Waals surface area (Å²) in [5.41, 5.74) is 3.97. The van der Waals surface area contributed by atoms with E-state index < -0.39 is 18.0 Å². The van der Waals surface area contributed by atoms with Gasteiger partial charge in [-0.3, -0.25) is 4.98 Å². The molecule has 2 aromatic heterocycles. The zero-order valence-corrected chi connectivity index (χ0v) is 19.8. The van der Waals surface area contributed by atoms with E-state index in [-0.39, 0.29) is 24.4 Å². The maximum absolute atomic E-state index is 13.5. The Hall–Kier alpha value is -2.29. The smallest absolute Gasteiger partial charge is 0.433 e. The zero-order valence-electron chi connectivity index (χ0n) is 19.8. The largest absolute Gasteiger partial charge is 0.848 e. The van der Waals surface area contributed by atoms with Crippen molar-refractivity contribution in [3.63, 3.8) is 0 Å². The minimum Gasteiger partial charge on any atom is -0.848 e. The second kappa shape index (κ2) is 9.30. The topological polar surface area (TPSA) is 78.3 Å². The van der Waals surface area contributed by atoms with Crippen molar-refractivity contribution in [3.8, 4) is 0 Å². The molecule has 0 amide bonds. The van der Waals surface area contributed by atoms with E-state index in [1.54, 1.807) is 6.07 Å². The van der Waals surface area contributed by atoms with Crippen LogP contribution in [0.25, 0.3) is 5.57 Å². The zero-order chi connectivity index (χ0) is 24.8. The van der Waals surface area contributed by atoms with Crippen molar-refractivity contribution in [2.45, 2.75) is 76.7 Å². The van der Waals surface area contributed by atoms with Crippen LogP contribution in [0.15, 0.2) is 24.3 Å². The number of aromatic nitrogens is 2. The van der Waals surface area contributed by atoms with Crippen LogP contribution in [0, 0.1) is 5.41 Å². The Morgan fingerprint density at radius 3 is 2.69 bits per heavy atom. The number of hydrogen-bond acceptors (Lipinski definition) is 5. The summed E-state index contributed by atoms with van der Waals surface area (Å²) >= 11 is 0. The van der Waals surface area contributed by atoms with Crippen LogP contribution in [-0.2, 0) is 30.4 Å². The summed E-state index contributed by atoms with van der Waals surface area (Å²) in [4.78, 5) is 8.80. The van der Waals surface area contributed by atoms with Crippen molar-refractivity contribution in [1.82, 2.24) is 9.97 Å². The number of alkyl halides is 3. The molecule has 0 radical (unpaired) electrons. The van der Waals surface area contributed by atoms with Crippen molar-refractivity contribution >= 4 is 5.57 Å². The predicted octanol–water partition coefficient (Wildman–Crippen LogP) is 4.66. The lowest BCUT2D eigenvalue weighted by atomic mass is 9.59. The van der Waals surface area contributed by atoms with Gasteiger partial charge in [0.15, 0.2) is 0 Å². The molecule has 1 spiro atoms. The van der Waals surface area contributed by atoms with Crippen molar-refractivity contribution in [1.29, 1.82) is 0 Å². The number of aliphatic hydroxyl groups excluding tert-OH is 1. The molecule has 3 heterocycles. The first-order chi connectivity index (χ1) is 16.7. The van der Waals surface area contributed by atoms with Gasteiger partial charge in [0.1, 0.15) is 5.69 Å². The van der Waals surface area contributed by atoms with Gasteiger partial charge in [-0.15, -0.1) is 0 Å². The molecule has 2 unspecified atom stereocenters. The van der Waals surface area contributed by atoms with Crippen LogP contribution in [0.4, 0.5) is 13.2 Å². The lowest BCUT2D eigenvalue weighted by molar-refractivity contribution is -0.436. The Labute approximate surface area is 203 Å². The highest BCUT2D eigenvalue weighted by Gasteiger charge is 2.43. The molecule has 2 atom stereocenters. The van der Waals surface area contributed by atoms with E-state index in [1.807, 2.05) is 13.0 Å². The SMILES string of the molecule is CC(Cc1cccc(C(F)(F)F)n1)c1nc2c(c(C3=CCOCC3)c1CO)C([O-])CC1(CCC1)C2. The van der Waals surface area contributed by atoms with Crippen molar-refractivity contribution in [3.05, 3.63) is 63.7 Å². The van der Waals surface area contributed by atoms with Crippen LogP contribution in [0.3, 0.4) is 0 Å². The number of hydrogen-bond donors (Lipinski definition) is 1. The van der Waals surface area contributed by atoms with Crippen molar-refractivity contribution in [2.24, 2.45) is 5.41 Å². The number of ether oxygens (including phenoxy) is 1. The fraction of sp³-hybridized carbons (Fsp3) is 0.556. The molecule has 188 valence electrons. The molecule has 1 aliphatic heterocycles. The third-order valence-corrected chi connectivity index (χ3v) is 7.87. The van der Waals surface area contributed by atoms with Crippen LogP contribution >= 0.6 is 0 Å². The van der Waals surface area contributed by atoms with E-state index in [2.05, 4.69) is 4.98 Å². The molecule has 0 bridgehead atoms. The Morgan fingerprint density at radius 2 is 2.06 bits per heavy atom. The highest BCUT2D eigenvalue weighted by molar-refractivity contribution is 5.73. The molecule has 5 rings (SSSR count). The molecule has 35 heavy (non-hydrogen) atoms. The number of fused-ring (bicyclic) bond motifs is 1. The van der Waals surface area contributed by atoms with Crippen molar-refractivity contribution < 1.29 is 28.1 Å². The lowest BCUT2D eigenvalue weighted by Crippen LogP contribution is -2.42. The quantitative estimate of drug-likeness (QED) is 0.664. The molecule has 0 aromatic carbocycles. The van der Waals surface area contributed by atoms with Crippen LogP contribution in [0.2, 0.25) is 0 Å². The maximum Gasteiger partial charge on any atom is 0.433 e. The number of nitrogens with zero attached hydrogens (tertiary/aromatic N) is 2. The summed E-state index contributed by atoms with van der Waals surface area (Å²) in [5, 5.41) is 24.0. The fourth-order valence-electron chi connectivity index (χ4n) is 6.02. The summed E-state index contributed by atoms with van der Waals surface area (Å²) in [6.07, 6.45) is 1.96. The number of rotatable bonds is 5. The van der Waals surface area contributed by atoms with Gasteiger partial charge in [-0.25, -0.2) is 4.98 Å². The second-order valence-corrected chi connectivity index (χ2v) is 10.3. The number of halogens is 3. The van der Waals surface area contributed by atoms with Crippen LogP contribution in [0.5, 0.6) is 0 Å². The van der Waals surface area contributed by atoms with Gasteiger partial charge in [-0.1, -0.05) is 38.0 Å². The van der Waals surface area contributed by atoms with E-state index in [4.69, 9.17) is 9.72 Å². The molecule has 5 nitrogen and oxygen atoms in total. The Morgan fingerprint density at radius 1 is 1.26 bits per heavy atom. The van der Waals surface area contributed by atoms with Crippen molar-refractivity contribution in [2.75, 3.05) is 13.2 Å². The maximum atomic E-state index is 13.5. The van der Waals surface area contributed by atoms with Gasteiger partial charge in [-0.2, -0.15) is 13.2 Å². The van der Waals surface area contributed by atoms with E-state index in [9.17, 15) is 23.4 Å². The van der Waals surface area contributed by atoms with Gasteiger partial charge in [0.2, 0.25) is 0 Å². The summed E-state index contributed by atoms with van der Waals surface area (Å²) in [5.74, 6) is -0.290.